The molecule has 2 aromatic rings. The van der Waals surface area contributed by atoms with Crippen LogP contribution in [0.5, 0.6) is 5.88 Å². The van der Waals surface area contributed by atoms with Gasteiger partial charge in [0.15, 0.2) is 0 Å². The maximum atomic E-state index is 11.8. The second-order valence-corrected chi connectivity index (χ2v) is 4.65. The Morgan fingerprint density at radius 2 is 1.87 bits per heavy atom. The molecule has 0 unspecified atom stereocenters. The average Bonchev–Trinajstić information content (AvgIpc) is 2.60. The highest BCUT2D eigenvalue weighted by Gasteiger charge is 2.14. The monoisotopic (exact) mass is 315 g/mol. The van der Waals surface area contributed by atoms with E-state index in [9.17, 15) is 14.7 Å². The number of nitrogens with one attached hydrogen (secondary N) is 2. The molecule has 0 aliphatic heterocycles. The summed E-state index contributed by atoms with van der Waals surface area (Å²) in [4.78, 5) is 27.6. The number of benzene rings is 1. The molecule has 7 heteroatoms. The summed E-state index contributed by atoms with van der Waals surface area (Å²) in [6, 6.07) is 10.3. The molecule has 0 aliphatic carbocycles. The van der Waals surface area contributed by atoms with Crippen LogP contribution in [0.3, 0.4) is 0 Å². The third-order valence-corrected chi connectivity index (χ3v) is 3.14. The van der Waals surface area contributed by atoms with Crippen molar-refractivity contribution in [1.82, 2.24) is 10.3 Å². The smallest absolute Gasteiger partial charge is 0.313 e. The number of hydrogen-bond acceptors (Lipinski definition) is 5. The molecule has 0 bridgehead atoms. The van der Waals surface area contributed by atoms with Gasteiger partial charge in [-0.15, -0.1) is 0 Å². The van der Waals surface area contributed by atoms with Gasteiger partial charge in [0.2, 0.25) is 5.88 Å². The largest absolute Gasteiger partial charge is 0.481 e. The normalized spacial score (nSPS) is 10.0. The summed E-state index contributed by atoms with van der Waals surface area (Å²) in [5, 5.41) is 14.2. The van der Waals surface area contributed by atoms with Crippen LogP contribution in [-0.4, -0.2) is 29.0 Å². The van der Waals surface area contributed by atoms with Crippen molar-refractivity contribution in [2.75, 3.05) is 12.4 Å². The molecular weight excluding hydrogens is 298 g/mol. The van der Waals surface area contributed by atoms with Gasteiger partial charge >= 0.3 is 11.8 Å². The minimum atomic E-state index is -0.793. The fourth-order valence-corrected chi connectivity index (χ4v) is 1.90. The van der Waals surface area contributed by atoms with E-state index in [0.29, 0.717) is 17.1 Å². The predicted molar refractivity (Wildman–Crippen MR) is 83.6 cm³/mol. The van der Waals surface area contributed by atoms with Crippen LogP contribution in [-0.2, 0) is 22.7 Å². The highest BCUT2D eigenvalue weighted by Crippen LogP contribution is 2.11. The van der Waals surface area contributed by atoms with Gasteiger partial charge in [-0.1, -0.05) is 24.3 Å². The number of amides is 2. The number of aliphatic hydroxyl groups is 1. The maximum Gasteiger partial charge on any atom is 0.313 e. The zero-order chi connectivity index (χ0) is 16.7. The molecule has 0 atom stereocenters. The Hall–Kier alpha value is -2.93. The first-order valence-electron chi connectivity index (χ1n) is 6.91. The van der Waals surface area contributed by atoms with Gasteiger partial charge in [-0.25, -0.2) is 4.98 Å². The summed E-state index contributed by atoms with van der Waals surface area (Å²) >= 11 is 0. The molecule has 1 heterocycles. The molecule has 0 fully saturated rings. The Kier molecular flexibility index (Phi) is 5.65. The molecule has 2 amide bonds. The van der Waals surface area contributed by atoms with Gasteiger partial charge in [0.25, 0.3) is 0 Å². The fraction of sp³-hybridized carbons (Fsp3) is 0.188. The molecule has 1 aromatic carbocycles. The molecule has 1 aromatic heterocycles. The average molecular weight is 315 g/mol. The number of rotatable bonds is 5. The topological polar surface area (TPSA) is 101 Å². The summed E-state index contributed by atoms with van der Waals surface area (Å²) in [6.07, 6.45) is 1.39. The van der Waals surface area contributed by atoms with E-state index in [2.05, 4.69) is 15.6 Å². The highest BCUT2D eigenvalue weighted by atomic mass is 16.5. The van der Waals surface area contributed by atoms with E-state index in [-0.39, 0.29) is 13.2 Å². The lowest BCUT2D eigenvalue weighted by Gasteiger charge is -2.09. The van der Waals surface area contributed by atoms with Crippen LogP contribution in [0.4, 0.5) is 5.69 Å². The second kappa shape index (κ2) is 7.90. The van der Waals surface area contributed by atoms with Crippen LogP contribution in [0, 0.1) is 0 Å². The van der Waals surface area contributed by atoms with Crippen LogP contribution < -0.4 is 15.4 Å². The lowest BCUT2D eigenvalue weighted by molar-refractivity contribution is -0.136. The van der Waals surface area contributed by atoms with Crippen LogP contribution >= 0.6 is 0 Å². The minimum Gasteiger partial charge on any atom is -0.481 e. The van der Waals surface area contributed by atoms with E-state index in [1.165, 1.54) is 13.3 Å². The van der Waals surface area contributed by atoms with Crippen molar-refractivity contribution in [2.45, 2.75) is 13.2 Å². The molecule has 0 radical (unpaired) electrons. The Bertz CT molecular complexity index is 686. The van der Waals surface area contributed by atoms with Crippen molar-refractivity contribution < 1.29 is 19.4 Å². The Labute approximate surface area is 133 Å². The number of carbonyl (C=O) groups excluding carboxylic acids is 2. The molecule has 2 rings (SSSR count). The lowest BCUT2D eigenvalue weighted by Crippen LogP contribution is -2.35. The van der Waals surface area contributed by atoms with Crippen LogP contribution in [0.1, 0.15) is 11.1 Å². The maximum absolute atomic E-state index is 11.8. The molecule has 0 aliphatic rings. The van der Waals surface area contributed by atoms with Crippen LogP contribution in [0.2, 0.25) is 0 Å². The summed E-state index contributed by atoms with van der Waals surface area (Å²) in [5.41, 5.74) is 1.84. The zero-order valence-electron chi connectivity index (χ0n) is 12.6. The van der Waals surface area contributed by atoms with E-state index in [1.54, 1.807) is 36.4 Å². The summed E-state index contributed by atoms with van der Waals surface area (Å²) < 4.78 is 4.91. The van der Waals surface area contributed by atoms with Crippen molar-refractivity contribution in [3.05, 3.63) is 53.7 Å². The molecule has 0 saturated heterocycles. The summed E-state index contributed by atoms with van der Waals surface area (Å²) in [5.74, 6) is -1.15. The zero-order valence-corrected chi connectivity index (χ0v) is 12.6. The van der Waals surface area contributed by atoms with Crippen molar-refractivity contribution in [2.24, 2.45) is 0 Å². The quantitative estimate of drug-likeness (QED) is 0.710. The van der Waals surface area contributed by atoms with Gasteiger partial charge < -0.3 is 20.5 Å². The van der Waals surface area contributed by atoms with Crippen molar-refractivity contribution in [3.63, 3.8) is 0 Å². The first-order chi connectivity index (χ1) is 11.1. The first-order valence-corrected chi connectivity index (χ1v) is 6.91. The van der Waals surface area contributed by atoms with Gasteiger partial charge in [-0.05, 0) is 17.2 Å². The Morgan fingerprint density at radius 3 is 2.48 bits per heavy atom. The number of ether oxygens (including phenoxy) is 1. The van der Waals surface area contributed by atoms with E-state index in [1.807, 2.05) is 0 Å². The van der Waals surface area contributed by atoms with Crippen LogP contribution in [0.25, 0.3) is 0 Å². The summed E-state index contributed by atoms with van der Waals surface area (Å²) in [7, 11) is 1.48. The number of aromatic nitrogens is 1. The van der Waals surface area contributed by atoms with Crippen molar-refractivity contribution in [1.29, 1.82) is 0 Å². The van der Waals surface area contributed by atoms with Crippen LogP contribution in [0.15, 0.2) is 42.6 Å². The predicted octanol–water partition coefficient (Wildman–Crippen LogP) is 0.837. The van der Waals surface area contributed by atoms with E-state index >= 15 is 0 Å². The number of hydrogen-bond donors (Lipinski definition) is 3. The third-order valence-electron chi connectivity index (χ3n) is 3.14. The van der Waals surface area contributed by atoms with E-state index in [4.69, 9.17) is 4.74 Å². The number of anilines is 1. The van der Waals surface area contributed by atoms with Gasteiger partial charge in [0, 0.05) is 12.6 Å². The lowest BCUT2D eigenvalue weighted by atomic mass is 10.1. The van der Waals surface area contributed by atoms with E-state index < -0.39 is 11.8 Å². The number of nitrogens with zero attached hydrogens (tertiary/aromatic N) is 1. The SMILES string of the molecule is COc1ccc(NC(=O)C(=O)NCc2ccccc2CO)cn1. The van der Waals surface area contributed by atoms with Gasteiger partial charge in [0.05, 0.1) is 25.6 Å². The second-order valence-electron chi connectivity index (χ2n) is 4.65. The van der Waals surface area contributed by atoms with E-state index in [0.717, 1.165) is 5.56 Å². The molecule has 3 N–H and O–H groups in total. The molecule has 0 saturated carbocycles. The molecule has 120 valence electrons. The minimum absolute atomic E-state index is 0.129. The van der Waals surface area contributed by atoms with Crippen molar-refractivity contribution >= 4 is 17.5 Å². The van der Waals surface area contributed by atoms with Gasteiger partial charge in [0.1, 0.15) is 0 Å². The number of pyridine rings is 1. The molecule has 23 heavy (non-hydrogen) atoms. The Morgan fingerprint density at radius 1 is 1.13 bits per heavy atom. The molecular formula is C16H17N3O4. The van der Waals surface area contributed by atoms with Gasteiger partial charge in [-0.2, -0.15) is 0 Å². The molecule has 0 spiro atoms. The fourth-order valence-electron chi connectivity index (χ4n) is 1.90. The highest BCUT2D eigenvalue weighted by molar-refractivity contribution is 6.39. The number of methoxy groups -OCH3 is 1. The Balaban J connectivity index is 1.90. The number of carbonyl (C=O) groups is 2. The standard InChI is InChI=1S/C16H17N3O4/c1-23-14-7-6-13(9-17-14)19-16(22)15(21)18-8-11-4-2-3-5-12(11)10-20/h2-7,9,20H,8,10H2,1H3,(H,18,21)(H,19,22). The van der Waals surface area contributed by atoms with Crippen molar-refractivity contribution in [3.8, 4) is 5.88 Å². The molecule has 7 nitrogen and oxygen atoms in total. The van der Waals surface area contributed by atoms with Gasteiger partial charge in [-0.3, -0.25) is 9.59 Å². The number of aliphatic hydroxyl groups excluding tert-OH is 1. The third kappa shape index (κ3) is 4.52. The first kappa shape index (κ1) is 16.4. The summed E-state index contributed by atoms with van der Waals surface area (Å²) in [6.45, 7) is 0.0274.